The number of carbonyl (C=O) groups excluding carboxylic acids is 4. The van der Waals surface area contributed by atoms with Crippen LogP contribution in [0.3, 0.4) is 0 Å². The van der Waals surface area contributed by atoms with Gasteiger partial charge in [0.2, 0.25) is 31.2 Å². The van der Waals surface area contributed by atoms with Crippen molar-refractivity contribution in [2.45, 2.75) is 35.5 Å². The highest BCUT2D eigenvalue weighted by Crippen LogP contribution is 2.41. The average Bonchev–Trinajstić information content (AvgIpc) is 4.28. The summed E-state index contributed by atoms with van der Waals surface area (Å²) in [6, 6.07) is 38.1. The van der Waals surface area contributed by atoms with E-state index in [4.69, 9.17) is 23.8 Å². The van der Waals surface area contributed by atoms with Crippen molar-refractivity contribution in [3.63, 3.8) is 0 Å². The van der Waals surface area contributed by atoms with E-state index in [-0.39, 0.29) is 35.1 Å². The quantitative estimate of drug-likeness (QED) is 0.0777. The lowest BCUT2D eigenvalue weighted by Crippen LogP contribution is -2.35. The fraction of sp³-hybridized carbons (Fsp3) is 0.169. The van der Waals surface area contributed by atoms with Gasteiger partial charge in [-0.05, 0) is 115 Å². The third-order valence-corrected chi connectivity index (χ3v) is 16.5. The number of aryl methyl sites for hydroxylation is 4. The molecule has 0 fully saturated rings. The van der Waals surface area contributed by atoms with E-state index in [1.165, 1.54) is 38.4 Å². The molecule has 2 unspecified atom stereocenters. The second-order valence-corrected chi connectivity index (χ2v) is 22.4. The van der Waals surface area contributed by atoms with Crippen LogP contribution in [0.4, 0.5) is 0 Å². The maximum Gasteiger partial charge on any atom is 0.277 e. The molecule has 2 atom stereocenters. The Morgan fingerprint density at radius 3 is 1.48 bits per heavy atom. The zero-order valence-corrected chi connectivity index (χ0v) is 45.6. The fourth-order valence-corrected chi connectivity index (χ4v) is 11.5. The Hall–Kier alpha value is -9.31. The molecule has 5 heterocycles. The summed E-state index contributed by atoms with van der Waals surface area (Å²) in [4.78, 5) is 62.5. The summed E-state index contributed by atoms with van der Waals surface area (Å²) in [6.07, 6.45) is 5.09. The van der Waals surface area contributed by atoms with Crippen LogP contribution >= 0.6 is 0 Å². The lowest BCUT2D eigenvalue weighted by atomic mass is 9.89. The van der Waals surface area contributed by atoms with Crippen LogP contribution in [0.1, 0.15) is 71.6 Å². The number of amides is 3. The van der Waals surface area contributed by atoms with E-state index in [2.05, 4.69) is 14.4 Å². The number of aromatic nitrogens is 3. The predicted molar refractivity (Wildman–Crippen MR) is 294 cm³/mol. The van der Waals surface area contributed by atoms with Gasteiger partial charge in [0.1, 0.15) is 5.69 Å². The van der Waals surface area contributed by atoms with Crippen LogP contribution in [0.15, 0.2) is 168 Å². The van der Waals surface area contributed by atoms with Crippen molar-refractivity contribution in [2.75, 3.05) is 27.7 Å². The van der Waals surface area contributed by atoms with Gasteiger partial charge in [0.15, 0.2) is 23.0 Å². The zero-order valence-electron chi connectivity index (χ0n) is 44.0. The van der Waals surface area contributed by atoms with Gasteiger partial charge in [-0.15, -0.1) is 0 Å². The van der Waals surface area contributed by atoms with Crippen molar-refractivity contribution in [1.82, 2.24) is 28.6 Å². The van der Waals surface area contributed by atoms with E-state index in [1.54, 1.807) is 153 Å². The molecule has 11 rings (SSSR count). The van der Waals surface area contributed by atoms with Crippen molar-refractivity contribution >= 4 is 65.4 Å². The Labute approximate surface area is 460 Å². The first kappa shape index (κ1) is 54.1. The molecule has 0 radical (unpaired) electrons. The van der Waals surface area contributed by atoms with Crippen LogP contribution in [0, 0.1) is 13.8 Å². The molecule has 2 aliphatic heterocycles. The molecule has 6 aromatic carbocycles. The maximum absolute atomic E-state index is 13.9. The fourth-order valence-electron chi connectivity index (χ4n) is 9.54. The minimum Gasteiger partial charge on any atom is -0.454 e. The Kier molecular flexibility index (Phi) is 14.8. The number of benzene rings is 6. The van der Waals surface area contributed by atoms with Crippen LogP contribution in [-0.4, -0.2) is 87.3 Å². The Bertz CT molecular complexity index is 4140. The molecule has 19 nitrogen and oxygen atoms in total. The van der Waals surface area contributed by atoms with Crippen molar-refractivity contribution in [3.05, 3.63) is 208 Å². The SMILES string of the molecule is CON(C)C(=O)c1ccc2c(C(C(=O)NS(=O)(=O)c3ccc(C)cc3)c3ccc4c(c3)OCO4)cn(C)c2c1.Cc1ccc(S(=O)(=O)NC(=O)C(c2ccc3c(c2)OCO3)c2cn(C)c3cc(C(=O)c4ccccn4)ccc23)cc1. The van der Waals surface area contributed by atoms with E-state index >= 15 is 0 Å². The Morgan fingerprint density at radius 1 is 0.575 bits per heavy atom. The highest BCUT2D eigenvalue weighted by molar-refractivity contribution is 7.90. The summed E-state index contributed by atoms with van der Waals surface area (Å²) in [6.45, 7) is 3.80. The van der Waals surface area contributed by atoms with Crippen LogP contribution < -0.4 is 28.4 Å². The van der Waals surface area contributed by atoms with Gasteiger partial charge in [-0.25, -0.2) is 31.3 Å². The molecule has 21 heteroatoms. The number of hydrogen-bond acceptors (Lipinski definition) is 14. The van der Waals surface area contributed by atoms with E-state index in [1.807, 2.05) is 18.4 Å². The monoisotopic (exact) mass is 1120 g/mol. The van der Waals surface area contributed by atoms with Crippen LogP contribution in [0.5, 0.6) is 23.0 Å². The van der Waals surface area contributed by atoms with Gasteiger partial charge in [0.05, 0.1) is 28.7 Å². The molecule has 80 heavy (non-hydrogen) atoms. The summed E-state index contributed by atoms with van der Waals surface area (Å²) in [5.41, 5.74) is 6.48. The van der Waals surface area contributed by atoms with E-state index in [0.717, 1.165) is 16.2 Å². The number of rotatable bonds is 14. The topological polar surface area (TPSA) is 233 Å². The smallest absolute Gasteiger partial charge is 0.277 e. The third-order valence-electron chi connectivity index (χ3n) is 13.7. The minimum atomic E-state index is -4.16. The number of hydroxylamine groups is 2. The second-order valence-electron chi connectivity index (χ2n) is 19.0. The van der Waals surface area contributed by atoms with Crippen molar-refractivity contribution < 1.29 is 59.8 Å². The first-order valence-corrected chi connectivity index (χ1v) is 27.8. The Balaban J connectivity index is 0.000000180. The van der Waals surface area contributed by atoms with Gasteiger partial charge in [-0.1, -0.05) is 71.8 Å². The van der Waals surface area contributed by atoms with Crippen molar-refractivity contribution in [3.8, 4) is 23.0 Å². The number of ketones is 1. The van der Waals surface area contributed by atoms with Crippen LogP contribution in [0.2, 0.25) is 0 Å². The molecule has 0 saturated carbocycles. The van der Waals surface area contributed by atoms with E-state index in [0.29, 0.717) is 83.9 Å². The van der Waals surface area contributed by atoms with Crippen molar-refractivity contribution in [1.29, 1.82) is 0 Å². The molecule has 2 N–H and O–H groups in total. The van der Waals surface area contributed by atoms with Gasteiger partial charge in [0.25, 0.3) is 26.0 Å². The number of pyridine rings is 1. The molecule has 0 saturated heterocycles. The largest absolute Gasteiger partial charge is 0.454 e. The summed E-state index contributed by atoms with van der Waals surface area (Å²) >= 11 is 0. The first-order chi connectivity index (χ1) is 38.3. The molecule has 0 spiro atoms. The third kappa shape index (κ3) is 10.8. The maximum atomic E-state index is 13.9. The summed E-state index contributed by atoms with van der Waals surface area (Å²) in [5.74, 6) is -2.08. The molecule has 2 aliphatic rings. The Morgan fingerprint density at radius 2 is 1.02 bits per heavy atom. The van der Waals surface area contributed by atoms with E-state index in [9.17, 15) is 36.0 Å². The molecule has 3 aromatic heterocycles. The zero-order chi connectivity index (χ0) is 56.6. The molecular weight excluding hydrogens is 1060 g/mol. The molecular formula is C59H52N6O13S2. The molecule has 9 aromatic rings. The number of nitrogens with zero attached hydrogens (tertiary/aromatic N) is 4. The summed E-state index contributed by atoms with van der Waals surface area (Å²) < 4.78 is 82.8. The molecule has 3 amide bonds. The highest BCUT2D eigenvalue weighted by atomic mass is 32.2. The summed E-state index contributed by atoms with van der Waals surface area (Å²) in [5, 5.41) is 2.49. The standard InChI is InChI=1S/C31H25N3O6S.C28H27N3O7S/c1-19-6-10-22(11-7-19)41(37,38)33-31(36)29(20-9-13-27-28(16-20)40-18-39-27)24-17-34(2)26-15-21(8-12-23(24)26)30(35)25-5-3-4-14-32-25;1-17-5-9-20(10-6-17)39(34,35)29-27(32)26(18-8-12-24-25(14-18)38-16-37-24)22-15-30(2)23-13-19(7-11-21(22)23)28(33)31(3)36-4/h3-17,29H,18H2,1-2H3,(H,33,36);5-15,26H,16H2,1-4H3,(H,29,32). The first-order valence-electron chi connectivity index (χ1n) is 24.8. The molecule has 408 valence electrons. The predicted octanol–water partition coefficient (Wildman–Crippen LogP) is 7.96. The molecule has 0 aliphatic carbocycles. The second kappa shape index (κ2) is 21.8. The minimum absolute atomic E-state index is 0.0171. The van der Waals surface area contributed by atoms with E-state index < -0.39 is 43.7 Å². The number of sulfonamides is 2. The van der Waals surface area contributed by atoms with Gasteiger partial charge in [-0.3, -0.25) is 29.0 Å². The number of ether oxygens (including phenoxy) is 4. The van der Waals surface area contributed by atoms with Crippen LogP contribution in [0.25, 0.3) is 21.8 Å². The van der Waals surface area contributed by atoms with Gasteiger partial charge >= 0.3 is 0 Å². The lowest BCUT2D eigenvalue weighted by Gasteiger charge is -2.18. The van der Waals surface area contributed by atoms with Crippen molar-refractivity contribution in [2.24, 2.45) is 14.1 Å². The summed E-state index contributed by atoms with van der Waals surface area (Å²) in [7, 11) is -1.81. The number of hydrogen-bond donors (Lipinski definition) is 2. The molecule has 0 bridgehead atoms. The number of fused-ring (bicyclic) bond motifs is 4. The van der Waals surface area contributed by atoms with Gasteiger partial charge in [0, 0.05) is 72.7 Å². The van der Waals surface area contributed by atoms with Gasteiger partial charge < -0.3 is 28.1 Å². The number of nitrogens with one attached hydrogen (secondary N) is 2. The van der Waals surface area contributed by atoms with Gasteiger partial charge in [-0.2, -0.15) is 0 Å². The van der Waals surface area contributed by atoms with Crippen LogP contribution in [-0.2, 0) is 48.6 Å². The normalized spacial score (nSPS) is 13.3. The average molecular weight is 1120 g/mol. The highest BCUT2D eigenvalue weighted by Gasteiger charge is 2.34. The lowest BCUT2D eigenvalue weighted by molar-refractivity contribution is -0.120. The number of carbonyl (C=O) groups is 4.